The van der Waals surface area contributed by atoms with Crippen LogP contribution in [-0.4, -0.2) is 103 Å². The number of carbonyl (C=O) groups is 2. The molecule has 6 N–H and O–H groups in total. The maximum atomic E-state index is 11.2. The van der Waals surface area contributed by atoms with Crippen LogP contribution in [0.15, 0.2) is 43.1 Å². The highest BCUT2D eigenvalue weighted by molar-refractivity contribution is 5.84. The van der Waals surface area contributed by atoms with Crippen molar-refractivity contribution in [3.63, 3.8) is 0 Å². The minimum absolute atomic E-state index is 0.0809. The highest BCUT2D eigenvalue weighted by atomic mass is 16.5. The van der Waals surface area contributed by atoms with Crippen molar-refractivity contribution in [3.05, 3.63) is 48.7 Å². The number of aliphatic hydroxyl groups is 5. The highest BCUT2D eigenvalue weighted by Gasteiger charge is 2.42. The van der Waals surface area contributed by atoms with E-state index in [1.165, 1.54) is 6.42 Å². The van der Waals surface area contributed by atoms with E-state index in [1.807, 2.05) is 24.3 Å². The number of fused-ring (bicyclic) bond motifs is 4. The van der Waals surface area contributed by atoms with Crippen LogP contribution in [0.1, 0.15) is 24.5 Å². The molecule has 3 aliphatic heterocycles. The lowest BCUT2D eigenvalue weighted by atomic mass is 9.73. The number of carboxylic acids is 1. The fraction of sp³-hybridized carbons (Fsp3) is 0.500. The number of aromatic nitrogens is 1. The molecule has 11 heteroatoms. The number of nitrogens with zero attached hydrogens (tertiary/aromatic N) is 2. The number of hydrogen-bond acceptors (Lipinski definition) is 10. The number of aldehydes is 1. The number of methoxy groups -OCH3 is 1. The molecule has 11 nitrogen and oxygen atoms in total. The Morgan fingerprint density at radius 2 is 1.92 bits per heavy atom. The van der Waals surface area contributed by atoms with Gasteiger partial charge in [-0.25, -0.2) is 4.79 Å². The van der Waals surface area contributed by atoms with Gasteiger partial charge in [0.05, 0.1) is 18.7 Å². The molecule has 0 saturated carbocycles. The average molecular weight is 519 g/mol. The van der Waals surface area contributed by atoms with E-state index in [-0.39, 0.29) is 12.3 Å². The standard InChI is InChI=1S/C20H24N2O2.C6H10O7/c1-3-13-12-22-9-7-14(13)10-19(22)20(23)16-6-8-21-18-5-4-15(24-2)11-17(16)18;7-1-2(8)3(9)4(10)5(11)6(12)13/h3-6,8,11,13-14,19-20,23H,1,7,9-10,12H2,2H3;1-5,8-11H,(H,12,13)/t13-,14?,19-,20+;2-,3+,4+,5-/m10/s1. The normalized spacial score (nSPS) is 26.6. The van der Waals surface area contributed by atoms with Gasteiger partial charge in [-0.1, -0.05) is 6.08 Å². The number of aliphatic carboxylic acids is 1. The molecule has 9 atom stereocenters. The van der Waals surface area contributed by atoms with Gasteiger partial charge in [-0.15, -0.1) is 6.58 Å². The number of piperidine rings is 3. The third-order valence-electron chi connectivity index (χ3n) is 7.24. The van der Waals surface area contributed by atoms with Crippen LogP contribution >= 0.6 is 0 Å². The zero-order chi connectivity index (χ0) is 27.3. The summed E-state index contributed by atoms with van der Waals surface area (Å²) in [5.41, 5.74) is 1.85. The van der Waals surface area contributed by atoms with Gasteiger partial charge in [0.1, 0.15) is 24.1 Å². The topological polar surface area (TPSA) is 181 Å². The van der Waals surface area contributed by atoms with Crippen molar-refractivity contribution in [1.29, 1.82) is 0 Å². The first-order chi connectivity index (χ1) is 17.6. The van der Waals surface area contributed by atoms with Crippen molar-refractivity contribution < 1.29 is 45.0 Å². The monoisotopic (exact) mass is 518 g/mol. The fourth-order valence-corrected chi connectivity index (χ4v) is 5.06. The van der Waals surface area contributed by atoms with E-state index in [4.69, 9.17) is 30.3 Å². The van der Waals surface area contributed by atoms with Crippen molar-refractivity contribution in [2.75, 3.05) is 20.2 Å². The molecule has 2 bridgehead atoms. The summed E-state index contributed by atoms with van der Waals surface area (Å²) in [7, 11) is 1.66. The van der Waals surface area contributed by atoms with Crippen LogP contribution in [0.2, 0.25) is 0 Å². The molecule has 202 valence electrons. The summed E-state index contributed by atoms with van der Waals surface area (Å²) < 4.78 is 5.35. The summed E-state index contributed by atoms with van der Waals surface area (Å²) in [6.45, 7) is 6.07. The zero-order valence-electron chi connectivity index (χ0n) is 20.5. The molecule has 1 aromatic carbocycles. The first kappa shape index (κ1) is 28.6. The van der Waals surface area contributed by atoms with E-state index in [1.54, 1.807) is 13.3 Å². The number of carboxylic acid groups (broad SMARTS) is 1. The Balaban J connectivity index is 0.000000251. The molecule has 0 radical (unpaired) electrons. The summed E-state index contributed by atoms with van der Waals surface area (Å²) in [6, 6.07) is 7.96. The van der Waals surface area contributed by atoms with Crippen molar-refractivity contribution in [1.82, 2.24) is 9.88 Å². The van der Waals surface area contributed by atoms with Crippen LogP contribution in [0, 0.1) is 11.8 Å². The van der Waals surface area contributed by atoms with E-state index in [9.17, 15) is 14.7 Å². The fourth-order valence-electron chi connectivity index (χ4n) is 5.06. The lowest BCUT2D eigenvalue weighted by Gasteiger charge is -2.50. The third-order valence-corrected chi connectivity index (χ3v) is 7.24. The molecule has 3 aliphatic rings. The predicted molar refractivity (Wildman–Crippen MR) is 133 cm³/mol. The number of ether oxygens (including phenoxy) is 1. The van der Waals surface area contributed by atoms with E-state index < -0.39 is 36.5 Å². The van der Waals surface area contributed by atoms with Gasteiger partial charge in [-0.05, 0) is 61.1 Å². The zero-order valence-corrected chi connectivity index (χ0v) is 20.5. The van der Waals surface area contributed by atoms with Crippen LogP contribution in [0.25, 0.3) is 10.9 Å². The molecule has 3 saturated heterocycles. The third kappa shape index (κ3) is 6.32. The van der Waals surface area contributed by atoms with Gasteiger partial charge in [0.2, 0.25) is 0 Å². The van der Waals surface area contributed by atoms with Crippen LogP contribution in [0.5, 0.6) is 5.75 Å². The molecule has 2 unspecified atom stereocenters. The molecular formula is C26H34N2O9. The Morgan fingerprint density at radius 1 is 1.19 bits per heavy atom. The lowest BCUT2D eigenvalue weighted by Crippen LogP contribution is -2.54. The Hall–Kier alpha value is -2.93. The van der Waals surface area contributed by atoms with Gasteiger partial charge < -0.3 is 40.2 Å². The molecule has 5 rings (SSSR count). The average Bonchev–Trinajstić information content (AvgIpc) is 2.94. The molecule has 4 heterocycles. The SMILES string of the molecule is C=C[C@@H]1CN2CCC1C[C@@H]2[C@@H](O)c1ccnc2ccc(OC)cc12.O=C[C@H](O)[C@@H](O)[C@@H](O)[C@H](O)C(=O)O. The van der Waals surface area contributed by atoms with Crippen molar-refractivity contribution in [2.24, 2.45) is 11.8 Å². The maximum absolute atomic E-state index is 11.2. The first-order valence-electron chi connectivity index (χ1n) is 12.0. The second-order valence-corrected chi connectivity index (χ2v) is 9.37. The Morgan fingerprint density at radius 3 is 2.49 bits per heavy atom. The molecule has 0 amide bonds. The largest absolute Gasteiger partial charge is 0.497 e. The minimum atomic E-state index is -2.25. The van der Waals surface area contributed by atoms with E-state index in [2.05, 4.69) is 22.5 Å². The van der Waals surface area contributed by atoms with Crippen molar-refractivity contribution >= 4 is 23.2 Å². The van der Waals surface area contributed by atoms with Gasteiger partial charge in [-0.2, -0.15) is 0 Å². The summed E-state index contributed by atoms with van der Waals surface area (Å²) in [5.74, 6) is 0.247. The van der Waals surface area contributed by atoms with Gasteiger partial charge in [0.15, 0.2) is 12.4 Å². The molecule has 0 spiro atoms. The van der Waals surface area contributed by atoms with Crippen LogP contribution in [0.3, 0.4) is 0 Å². The molecule has 3 fully saturated rings. The molecular weight excluding hydrogens is 484 g/mol. The van der Waals surface area contributed by atoms with E-state index in [0.29, 0.717) is 11.8 Å². The number of carbonyl (C=O) groups excluding carboxylic acids is 1. The van der Waals surface area contributed by atoms with Crippen molar-refractivity contribution in [2.45, 2.75) is 49.4 Å². The Labute approximate surface area is 214 Å². The number of rotatable bonds is 9. The summed E-state index contributed by atoms with van der Waals surface area (Å²) in [5, 5.41) is 55.3. The van der Waals surface area contributed by atoms with E-state index >= 15 is 0 Å². The smallest absolute Gasteiger partial charge is 0.335 e. The number of pyridine rings is 1. The maximum Gasteiger partial charge on any atom is 0.335 e. The lowest BCUT2D eigenvalue weighted by molar-refractivity contribution is -0.163. The molecule has 2 aromatic rings. The second-order valence-electron chi connectivity index (χ2n) is 9.37. The van der Waals surface area contributed by atoms with Gasteiger partial charge in [-0.3, -0.25) is 9.88 Å². The number of benzene rings is 1. The van der Waals surface area contributed by atoms with Gasteiger partial charge >= 0.3 is 5.97 Å². The second kappa shape index (κ2) is 12.5. The van der Waals surface area contributed by atoms with Gasteiger partial charge in [0.25, 0.3) is 0 Å². The summed E-state index contributed by atoms with van der Waals surface area (Å²) >= 11 is 0. The molecule has 37 heavy (non-hydrogen) atoms. The quantitative estimate of drug-likeness (QED) is 0.192. The number of hydrogen-bond donors (Lipinski definition) is 6. The highest BCUT2D eigenvalue weighted by Crippen LogP contribution is 2.42. The summed E-state index contributed by atoms with van der Waals surface area (Å²) in [6.07, 6.45) is -2.77. The first-order valence-corrected chi connectivity index (χ1v) is 12.0. The summed E-state index contributed by atoms with van der Waals surface area (Å²) in [4.78, 5) is 26.8. The van der Waals surface area contributed by atoms with E-state index in [0.717, 1.165) is 41.7 Å². The predicted octanol–water partition coefficient (Wildman–Crippen LogP) is -0.113. The van der Waals surface area contributed by atoms with Crippen LogP contribution < -0.4 is 4.74 Å². The molecule has 1 aromatic heterocycles. The molecule has 0 aliphatic carbocycles. The van der Waals surface area contributed by atoms with Crippen LogP contribution in [-0.2, 0) is 9.59 Å². The minimum Gasteiger partial charge on any atom is -0.497 e. The van der Waals surface area contributed by atoms with Crippen LogP contribution in [0.4, 0.5) is 0 Å². The Bertz CT molecular complexity index is 1100. The van der Waals surface area contributed by atoms with Gasteiger partial charge in [0, 0.05) is 24.2 Å². The Kier molecular flexibility index (Phi) is 9.71. The number of aliphatic hydroxyl groups excluding tert-OH is 5. The van der Waals surface area contributed by atoms with Crippen molar-refractivity contribution in [3.8, 4) is 5.75 Å².